The molecule has 0 unspecified atom stereocenters. The third kappa shape index (κ3) is 2.97. The van der Waals surface area contributed by atoms with Gasteiger partial charge in [-0.25, -0.2) is 26.7 Å². The van der Waals surface area contributed by atoms with Crippen LogP contribution in [0, 0.1) is 29.1 Å². The van der Waals surface area contributed by atoms with Crippen molar-refractivity contribution in [3.8, 4) is 0 Å². The van der Waals surface area contributed by atoms with Crippen molar-refractivity contribution in [1.82, 2.24) is 10.2 Å². The number of benzene rings is 2. The Morgan fingerprint density at radius 3 is 2.11 bits per heavy atom. The molecule has 4 nitrogen and oxygen atoms in total. The Kier molecular flexibility index (Phi) is 4.71. The predicted molar refractivity (Wildman–Crippen MR) is 86.8 cm³/mol. The number of nitrogens with one attached hydrogen (secondary N) is 1. The first-order valence-electron chi connectivity index (χ1n) is 7.48. The third-order valence-corrected chi connectivity index (χ3v) is 4.79. The van der Waals surface area contributed by atoms with Crippen molar-refractivity contribution in [2.75, 3.05) is 0 Å². The van der Waals surface area contributed by atoms with Gasteiger partial charge in [-0.1, -0.05) is 28.1 Å². The number of halogens is 6. The Balaban J connectivity index is 2.01. The highest BCUT2D eigenvalue weighted by Crippen LogP contribution is 2.32. The van der Waals surface area contributed by atoms with Gasteiger partial charge < -0.3 is 5.32 Å². The second-order valence-electron chi connectivity index (χ2n) is 6.01. The number of imide groups is 1. The van der Waals surface area contributed by atoms with Crippen molar-refractivity contribution in [2.45, 2.75) is 19.0 Å². The molecule has 1 saturated heterocycles. The van der Waals surface area contributed by atoms with Gasteiger partial charge in [0.05, 0.1) is 6.54 Å². The zero-order valence-electron chi connectivity index (χ0n) is 13.5. The maximum atomic E-state index is 13.9. The molecule has 1 aliphatic heterocycles. The lowest BCUT2D eigenvalue weighted by Crippen LogP contribution is -2.40. The second kappa shape index (κ2) is 6.59. The van der Waals surface area contributed by atoms with Crippen LogP contribution in [-0.4, -0.2) is 16.8 Å². The topological polar surface area (TPSA) is 49.4 Å². The number of hydrogen-bond acceptors (Lipinski definition) is 2. The molecule has 1 heterocycles. The molecule has 0 aliphatic carbocycles. The lowest BCUT2D eigenvalue weighted by Gasteiger charge is -2.22. The summed E-state index contributed by atoms with van der Waals surface area (Å²) in [5.41, 5.74) is -2.46. The molecule has 0 saturated carbocycles. The van der Waals surface area contributed by atoms with Crippen LogP contribution in [0.5, 0.6) is 0 Å². The average molecular weight is 449 g/mol. The third-order valence-electron chi connectivity index (χ3n) is 4.29. The zero-order chi connectivity index (χ0) is 20.1. The van der Waals surface area contributed by atoms with Gasteiger partial charge in [-0.2, -0.15) is 0 Å². The Hall–Kier alpha value is -2.49. The van der Waals surface area contributed by atoms with E-state index in [-0.39, 0.29) is 0 Å². The summed E-state index contributed by atoms with van der Waals surface area (Å²) in [7, 11) is 0. The lowest BCUT2D eigenvalue weighted by molar-refractivity contribution is -0.131. The van der Waals surface area contributed by atoms with E-state index in [1.54, 1.807) is 24.3 Å². The zero-order valence-corrected chi connectivity index (χ0v) is 15.1. The molecule has 1 fully saturated rings. The van der Waals surface area contributed by atoms with E-state index in [0.29, 0.717) is 14.9 Å². The lowest BCUT2D eigenvalue weighted by atomic mass is 9.92. The number of amides is 3. The minimum absolute atomic E-state index is 0.370. The van der Waals surface area contributed by atoms with Gasteiger partial charge in [-0.3, -0.25) is 9.69 Å². The Bertz CT molecular complexity index is 955. The van der Waals surface area contributed by atoms with Gasteiger partial charge in [-0.05, 0) is 24.6 Å². The SMILES string of the molecule is C[C@@]1(c2cccc(Br)c2)NC(=O)N(Cc2c(F)c(F)c(F)c(F)c2F)C1=O. The maximum absolute atomic E-state index is 13.9. The first-order valence-corrected chi connectivity index (χ1v) is 8.27. The molecular formula is C17H10BrF5N2O2. The standard InChI is InChI=1S/C17H10BrF5N2O2/c1-17(7-3-2-4-8(18)5-7)15(26)25(16(27)24-17)6-9-10(19)12(21)14(23)13(22)11(9)20/h2-5H,6H2,1H3,(H,24,27)/t17-/m0/s1. The fourth-order valence-electron chi connectivity index (χ4n) is 2.78. The number of carbonyl (C=O) groups excluding carboxylic acids is 2. The summed E-state index contributed by atoms with van der Waals surface area (Å²) in [6, 6.07) is 5.37. The largest absolute Gasteiger partial charge is 0.325 e. The van der Waals surface area contributed by atoms with Crippen LogP contribution in [0.1, 0.15) is 18.1 Å². The van der Waals surface area contributed by atoms with Crippen LogP contribution in [0.3, 0.4) is 0 Å². The Labute approximate surface area is 158 Å². The molecule has 27 heavy (non-hydrogen) atoms. The molecule has 0 aromatic heterocycles. The van der Waals surface area contributed by atoms with Crippen molar-refractivity contribution >= 4 is 27.9 Å². The Morgan fingerprint density at radius 2 is 1.56 bits per heavy atom. The smallest absolute Gasteiger partial charge is 0.319 e. The number of hydrogen-bond donors (Lipinski definition) is 1. The predicted octanol–water partition coefficient (Wildman–Crippen LogP) is 4.11. The quantitative estimate of drug-likeness (QED) is 0.332. The van der Waals surface area contributed by atoms with Gasteiger partial charge >= 0.3 is 6.03 Å². The summed E-state index contributed by atoms with van der Waals surface area (Å²) in [6.45, 7) is 0.258. The van der Waals surface area contributed by atoms with E-state index in [9.17, 15) is 31.5 Å². The van der Waals surface area contributed by atoms with Crippen LogP contribution in [0.4, 0.5) is 26.7 Å². The summed E-state index contributed by atoms with van der Waals surface area (Å²) in [4.78, 5) is 25.3. The monoisotopic (exact) mass is 448 g/mol. The molecule has 1 N–H and O–H groups in total. The number of carbonyl (C=O) groups is 2. The summed E-state index contributed by atoms with van der Waals surface area (Å²) in [6.07, 6.45) is 0. The number of urea groups is 1. The Morgan fingerprint density at radius 1 is 1.00 bits per heavy atom. The van der Waals surface area contributed by atoms with E-state index >= 15 is 0 Å². The summed E-state index contributed by atoms with van der Waals surface area (Å²) >= 11 is 3.22. The van der Waals surface area contributed by atoms with Crippen LogP contribution in [0.15, 0.2) is 28.7 Å². The van der Waals surface area contributed by atoms with Crippen LogP contribution < -0.4 is 5.32 Å². The summed E-state index contributed by atoms with van der Waals surface area (Å²) in [5.74, 6) is -11.7. The van der Waals surface area contributed by atoms with Crippen molar-refractivity contribution in [3.63, 3.8) is 0 Å². The van der Waals surface area contributed by atoms with Gasteiger partial charge in [0.15, 0.2) is 23.3 Å². The molecule has 3 rings (SSSR count). The molecule has 142 valence electrons. The molecule has 0 bridgehead atoms. The first kappa shape index (κ1) is 19.3. The molecule has 0 radical (unpaired) electrons. The van der Waals surface area contributed by atoms with Crippen LogP contribution in [-0.2, 0) is 16.9 Å². The summed E-state index contributed by atoms with van der Waals surface area (Å²) < 4.78 is 68.3. The average Bonchev–Trinajstić information content (AvgIpc) is 2.85. The van der Waals surface area contributed by atoms with E-state index in [2.05, 4.69) is 21.2 Å². The van der Waals surface area contributed by atoms with Gasteiger partial charge in [0.1, 0.15) is 5.54 Å². The van der Waals surface area contributed by atoms with E-state index in [0.717, 1.165) is 0 Å². The minimum atomic E-state index is -2.31. The molecule has 2 aromatic carbocycles. The van der Waals surface area contributed by atoms with Gasteiger partial charge in [0.25, 0.3) is 5.91 Å². The first-order chi connectivity index (χ1) is 12.6. The highest BCUT2D eigenvalue weighted by Gasteiger charge is 2.49. The fraction of sp³-hybridized carbons (Fsp3) is 0.176. The maximum Gasteiger partial charge on any atom is 0.325 e. The van der Waals surface area contributed by atoms with Gasteiger partial charge in [0.2, 0.25) is 5.82 Å². The minimum Gasteiger partial charge on any atom is -0.319 e. The highest BCUT2D eigenvalue weighted by atomic mass is 79.9. The summed E-state index contributed by atoms with van der Waals surface area (Å²) in [5, 5.41) is 2.38. The normalized spacial score (nSPS) is 19.6. The van der Waals surface area contributed by atoms with E-state index in [4.69, 9.17) is 0 Å². The van der Waals surface area contributed by atoms with Crippen LogP contribution in [0.25, 0.3) is 0 Å². The van der Waals surface area contributed by atoms with E-state index in [1.807, 2.05) is 0 Å². The molecule has 2 aromatic rings. The molecule has 1 aliphatic rings. The van der Waals surface area contributed by atoms with Crippen molar-refractivity contribution in [2.24, 2.45) is 0 Å². The van der Waals surface area contributed by atoms with E-state index < -0.39 is 58.7 Å². The van der Waals surface area contributed by atoms with E-state index in [1.165, 1.54) is 6.92 Å². The van der Waals surface area contributed by atoms with Crippen LogP contribution in [0.2, 0.25) is 0 Å². The molecule has 1 atom stereocenters. The van der Waals surface area contributed by atoms with Gasteiger partial charge in [-0.15, -0.1) is 0 Å². The molecule has 3 amide bonds. The highest BCUT2D eigenvalue weighted by molar-refractivity contribution is 9.10. The number of nitrogens with zero attached hydrogens (tertiary/aromatic N) is 1. The fourth-order valence-corrected chi connectivity index (χ4v) is 3.18. The van der Waals surface area contributed by atoms with Gasteiger partial charge in [0, 0.05) is 10.0 Å². The van der Waals surface area contributed by atoms with Crippen molar-refractivity contribution in [3.05, 3.63) is 69.0 Å². The molecule has 10 heteroatoms. The van der Waals surface area contributed by atoms with Crippen molar-refractivity contribution in [1.29, 1.82) is 0 Å². The second-order valence-corrected chi connectivity index (χ2v) is 6.92. The van der Waals surface area contributed by atoms with Crippen LogP contribution >= 0.6 is 15.9 Å². The molecule has 0 spiro atoms. The number of rotatable bonds is 3. The molecular weight excluding hydrogens is 439 g/mol. The van der Waals surface area contributed by atoms with Crippen molar-refractivity contribution < 1.29 is 31.5 Å².